The highest BCUT2D eigenvalue weighted by Gasteiger charge is 2.25. The molecule has 0 aromatic heterocycles. The van der Waals surface area contributed by atoms with E-state index in [1.807, 2.05) is 0 Å². The van der Waals surface area contributed by atoms with Gasteiger partial charge in [-0.25, -0.2) is 0 Å². The van der Waals surface area contributed by atoms with Gasteiger partial charge >= 0.3 is 0 Å². The summed E-state index contributed by atoms with van der Waals surface area (Å²) in [5.74, 6) is 0. The van der Waals surface area contributed by atoms with E-state index < -0.39 is 0 Å². The van der Waals surface area contributed by atoms with Crippen molar-refractivity contribution in [2.45, 2.75) is 52.1 Å². The van der Waals surface area contributed by atoms with Crippen LogP contribution < -0.4 is 5.32 Å². The minimum Gasteiger partial charge on any atom is -0.315 e. The largest absolute Gasteiger partial charge is 0.315 e. The average molecular weight is 260 g/mol. The van der Waals surface area contributed by atoms with E-state index in [9.17, 15) is 0 Å². The van der Waals surface area contributed by atoms with Crippen molar-refractivity contribution < 1.29 is 0 Å². The first-order chi connectivity index (χ1) is 9.22. The van der Waals surface area contributed by atoms with Gasteiger partial charge in [0.05, 0.1) is 0 Å². The first-order valence-electron chi connectivity index (χ1n) is 7.75. The van der Waals surface area contributed by atoms with Gasteiger partial charge in [0.25, 0.3) is 0 Å². The van der Waals surface area contributed by atoms with Crippen LogP contribution in [0.15, 0.2) is 24.3 Å². The quantitative estimate of drug-likeness (QED) is 0.871. The van der Waals surface area contributed by atoms with Gasteiger partial charge in [-0.3, -0.25) is 4.90 Å². The van der Waals surface area contributed by atoms with Gasteiger partial charge in [-0.05, 0) is 51.8 Å². The second-order valence-electron chi connectivity index (χ2n) is 5.82. The zero-order valence-corrected chi connectivity index (χ0v) is 12.7. The summed E-state index contributed by atoms with van der Waals surface area (Å²) < 4.78 is 0. The SMILES string of the molecule is CCCN(C1CCCNC1)C(C)c1ccc(C)cc1. The van der Waals surface area contributed by atoms with Gasteiger partial charge < -0.3 is 5.32 Å². The molecule has 1 aromatic rings. The Morgan fingerprint density at radius 3 is 2.63 bits per heavy atom. The van der Waals surface area contributed by atoms with Crippen LogP contribution in [0.4, 0.5) is 0 Å². The van der Waals surface area contributed by atoms with Crippen molar-refractivity contribution in [1.82, 2.24) is 10.2 Å². The molecular formula is C17H28N2. The lowest BCUT2D eigenvalue weighted by atomic mass is 9.99. The second kappa shape index (κ2) is 7.06. The fraction of sp³-hybridized carbons (Fsp3) is 0.647. The summed E-state index contributed by atoms with van der Waals surface area (Å²) in [7, 11) is 0. The Morgan fingerprint density at radius 2 is 2.05 bits per heavy atom. The van der Waals surface area contributed by atoms with Crippen molar-refractivity contribution in [3.8, 4) is 0 Å². The molecule has 1 fully saturated rings. The number of piperidine rings is 1. The lowest BCUT2D eigenvalue weighted by molar-refractivity contribution is 0.120. The maximum Gasteiger partial charge on any atom is 0.0323 e. The monoisotopic (exact) mass is 260 g/mol. The fourth-order valence-electron chi connectivity index (χ4n) is 3.10. The van der Waals surface area contributed by atoms with E-state index in [4.69, 9.17) is 0 Å². The number of hydrogen-bond donors (Lipinski definition) is 1. The molecule has 1 saturated heterocycles. The van der Waals surface area contributed by atoms with Crippen LogP contribution in [-0.4, -0.2) is 30.6 Å². The zero-order valence-electron chi connectivity index (χ0n) is 12.7. The summed E-state index contributed by atoms with van der Waals surface area (Å²) >= 11 is 0. The van der Waals surface area contributed by atoms with Crippen LogP contribution in [0.2, 0.25) is 0 Å². The second-order valence-corrected chi connectivity index (χ2v) is 5.82. The number of rotatable bonds is 5. The van der Waals surface area contributed by atoms with Gasteiger partial charge in [0.1, 0.15) is 0 Å². The third-order valence-corrected chi connectivity index (χ3v) is 4.28. The molecule has 1 N–H and O–H groups in total. The van der Waals surface area contributed by atoms with Crippen molar-refractivity contribution in [1.29, 1.82) is 0 Å². The van der Waals surface area contributed by atoms with Crippen molar-refractivity contribution in [2.24, 2.45) is 0 Å². The van der Waals surface area contributed by atoms with Crippen LogP contribution in [0.25, 0.3) is 0 Å². The molecule has 2 atom stereocenters. The van der Waals surface area contributed by atoms with E-state index in [2.05, 4.69) is 55.3 Å². The van der Waals surface area contributed by atoms with Crippen LogP contribution in [0.5, 0.6) is 0 Å². The third kappa shape index (κ3) is 3.80. The smallest absolute Gasteiger partial charge is 0.0323 e. The van der Waals surface area contributed by atoms with Crippen LogP contribution in [-0.2, 0) is 0 Å². The Bertz CT molecular complexity index is 365. The predicted octanol–water partition coefficient (Wildman–Crippen LogP) is 3.52. The molecule has 1 aromatic carbocycles. The van der Waals surface area contributed by atoms with Crippen molar-refractivity contribution in [3.05, 3.63) is 35.4 Å². The molecule has 0 spiro atoms. The zero-order chi connectivity index (χ0) is 13.7. The number of nitrogens with one attached hydrogen (secondary N) is 1. The molecule has 2 unspecified atom stereocenters. The fourth-order valence-corrected chi connectivity index (χ4v) is 3.10. The normalized spacial score (nSPS) is 21.6. The van der Waals surface area contributed by atoms with E-state index >= 15 is 0 Å². The molecule has 2 heteroatoms. The lowest BCUT2D eigenvalue weighted by Gasteiger charge is -2.39. The van der Waals surface area contributed by atoms with E-state index in [0.717, 1.165) is 6.54 Å². The molecule has 106 valence electrons. The Morgan fingerprint density at radius 1 is 1.32 bits per heavy atom. The summed E-state index contributed by atoms with van der Waals surface area (Å²) in [6, 6.07) is 10.3. The summed E-state index contributed by atoms with van der Waals surface area (Å²) in [5, 5.41) is 3.55. The summed E-state index contributed by atoms with van der Waals surface area (Å²) in [6.07, 6.45) is 3.88. The van der Waals surface area contributed by atoms with Gasteiger partial charge in [-0.1, -0.05) is 36.8 Å². The van der Waals surface area contributed by atoms with Gasteiger partial charge in [0.15, 0.2) is 0 Å². The minimum atomic E-state index is 0.519. The van der Waals surface area contributed by atoms with E-state index in [0.29, 0.717) is 12.1 Å². The van der Waals surface area contributed by atoms with Crippen molar-refractivity contribution in [2.75, 3.05) is 19.6 Å². The number of hydrogen-bond acceptors (Lipinski definition) is 2. The van der Waals surface area contributed by atoms with Gasteiger partial charge in [0, 0.05) is 18.6 Å². The van der Waals surface area contributed by atoms with Crippen LogP contribution >= 0.6 is 0 Å². The first-order valence-corrected chi connectivity index (χ1v) is 7.75. The first kappa shape index (κ1) is 14.5. The average Bonchev–Trinajstić information content (AvgIpc) is 2.46. The van der Waals surface area contributed by atoms with Gasteiger partial charge in [-0.15, -0.1) is 0 Å². The van der Waals surface area contributed by atoms with Crippen LogP contribution in [0.1, 0.15) is 50.3 Å². The third-order valence-electron chi connectivity index (χ3n) is 4.28. The Balaban J connectivity index is 2.10. The molecular weight excluding hydrogens is 232 g/mol. The van der Waals surface area contributed by atoms with Crippen LogP contribution in [0.3, 0.4) is 0 Å². The Hall–Kier alpha value is -0.860. The molecule has 0 amide bonds. The molecule has 1 aliphatic rings. The summed E-state index contributed by atoms with van der Waals surface area (Å²) in [6.45, 7) is 10.3. The minimum absolute atomic E-state index is 0.519. The van der Waals surface area contributed by atoms with E-state index in [1.165, 1.54) is 43.5 Å². The Kier molecular flexibility index (Phi) is 5.41. The molecule has 1 aliphatic heterocycles. The highest BCUT2D eigenvalue weighted by molar-refractivity contribution is 5.24. The molecule has 0 bridgehead atoms. The highest BCUT2D eigenvalue weighted by Crippen LogP contribution is 2.25. The van der Waals surface area contributed by atoms with Crippen molar-refractivity contribution in [3.63, 3.8) is 0 Å². The summed E-state index contributed by atoms with van der Waals surface area (Å²) in [5.41, 5.74) is 2.79. The Labute approximate surface area is 118 Å². The van der Waals surface area contributed by atoms with E-state index in [-0.39, 0.29) is 0 Å². The van der Waals surface area contributed by atoms with Crippen LogP contribution in [0, 0.1) is 6.92 Å². The molecule has 2 rings (SSSR count). The summed E-state index contributed by atoms with van der Waals surface area (Å²) in [4.78, 5) is 2.69. The molecule has 2 nitrogen and oxygen atoms in total. The number of nitrogens with zero attached hydrogens (tertiary/aromatic N) is 1. The van der Waals surface area contributed by atoms with Crippen molar-refractivity contribution >= 4 is 0 Å². The predicted molar refractivity (Wildman–Crippen MR) is 82.5 cm³/mol. The molecule has 0 saturated carbocycles. The standard InChI is InChI=1S/C17H28N2/c1-4-12-19(17-6-5-11-18-13-17)15(3)16-9-7-14(2)8-10-16/h7-10,15,17-18H,4-6,11-13H2,1-3H3. The molecule has 19 heavy (non-hydrogen) atoms. The van der Waals surface area contributed by atoms with Gasteiger partial charge in [-0.2, -0.15) is 0 Å². The van der Waals surface area contributed by atoms with Gasteiger partial charge in [0.2, 0.25) is 0 Å². The highest BCUT2D eigenvalue weighted by atomic mass is 15.2. The maximum absolute atomic E-state index is 3.55. The maximum atomic E-state index is 3.55. The molecule has 0 radical (unpaired) electrons. The molecule has 0 aliphatic carbocycles. The van der Waals surface area contributed by atoms with E-state index in [1.54, 1.807) is 0 Å². The number of benzene rings is 1. The lowest BCUT2D eigenvalue weighted by Crippen LogP contribution is -2.47. The molecule has 1 heterocycles. The topological polar surface area (TPSA) is 15.3 Å². The number of aryl methyl sites for hydroxylation is 1.